The summed E-state index contributed by atoms with van der Waals surface area (Å²) >= 11 is 12.2. The minimum Gasteiger partial charge on any atom is -0.354 e. The maximum absolute atomic E-state index is 12.7. The maximum Gasteiger partial charge on any atom is 0.243 e. The van der Waals surface area contributed by atoms with Gasteiger partial charge < -0.3 is 5.32 Å². The molecule has 1 atom stereocenters. The van der Waals surface area contributed by atoms with Crippen molar-refractivity contribution in [2.24, 2.45) is 0 Å². The van der Waals surface area contributed by atoms with Gasteiger partial charge in [0.2, 0.25) is 15.9 Å². The number of nitrogens with zero attached hydrogens (tertiary/aromatic N) is 1. The number of nitrogens with one attached hydrogen (secondary N) is 1. The summed E-state index contributed by atoms with van der Waals surface area (Å²) in [6.45, 7) is 2.15. The van der Waals surface area contributed by atoms with Crippen LogP contribution in [0.3, 0.4) is 0 Å². The van der Waals surface area contributed by atoms with Crippen LogP contribution < -0.4 is 9.62 Å². The molecular formula is C19H22Cl2N2O3S. The predicted molar refractivity (Wildman–Crippen MR) is 111 cm³/mol. The van der Waals surface area contributed by atoms with Gasteiger partial charge >= 0.3 is 0 Å². The van der Waals surface area contributed by atoms with E-state index in [1.807, 2.05) is 30.3 Å². The van der Waals surface area contributed by atoms with Crippen molar-refractivity contribution in [2.45, 2.75) is 25.8 Å². The van der Waals surface area contributed by atoms with Crippen LogP contribution in [0.5, 0.6) is 0 Å². The van der Waals surface area contributed by atoms with E-state index in [4.69, 9.17) is 23.2 Å². The minimum atomic E-state index is -3.76. The normalized spacial score (nSPS) is 12.4. The van der Waals surface area contributed by atoms with Crippen molar-refractivity contribution in [1.29, 1.82) is 0 Å². The number of amides is 1. The van der Waals surface area contributed by atoms with Gasteiger partial charge in [-0.3, -0.25) is 9.10 Å². The number of sulfonamides is 1. The van der Waals surface area contributed by atoms with Gasteiger partial charge in [-0.1, -0.05) is 60.5 Å². The summed E-state index contributed by atoms with van der Waals surface area (Å²) < 4.78 is 25.9. The number of carbonyl (C=O) groups excluding carboxylic acids is 1. The molecule has 0 aromatic heterocycles. The highest BCUT2D eigenvalue weighted by molar-refractivity contribution is 7.92. The lowest BCUT2D eigenvalue weighted by Gasteiger charge is -2.30. The van der Waals surface area contributed by atoms with E-state index in [0.29, 0.717) is 18.0 Å². The van der Waals surface area contributed by atoms with E-state index in [1.54, 1.807) is 13.0 Å². The fourth-order valence-corrected chi connectivity index (χ4v) is 4.42. The Morgan fingerprint density at radius 2 is 1.81 bits per heavy atom. The third-order valence-corrected chi connectivity index (χ3v) is 5.75. The molecule has 0 radical (unpaired) electrons. The number of rotatable bonds is 8. The van der Waals surface area contributed by atoms with Gasteiger partial charge in [0.05, 0.1) is 17.0 Å². The van der Waals surface area contributed by atoms with Crippen LogP contribution in [0.1, 0.15) is 18.9 Å². The molecule has 0 unspecified atom stereocenters. The Hall–Kier alpha value is -1.76. The van der Waals surface area contributed by atoms with Gasteiger partial charge in [-0.25, -0.2) is 8.42 Å². The van der Waals surface area contributed by atoms with E-state index in [0.717, 1.165) is 16.1 Å². The molecule has 0 saturated heterocycles. The van der Waals surface area contributed by atoms with Crippen LogP contribution >= 0.6 is 23.2 Å². The predicted octanol–water partition coefficient (Wildman–Crippen LogP) is 3.90. The highest BCUT2D eigenvalue weighted by Crippen LogP contribution is 2.32. The molecule has 0 heterocycles. The van der Waals surface area contributed by atoms with Crippen molar-refractivity contribution >= 4 is 44.8 Å². The molecule has 2 rings (SSSR count). The topological polar surface area (TPSA) is 66.5 Å². The molecular weight excluding hydrogens is 407 g/mol. The smallest absolute Gasteiger partial charge is 0.243 e. The Kier molecular flexibility index (Phi) is 7.53. The molecule has 0 saturated carbocycles. The minimum absolute atomic E-state index is 0.191. The molecule has 0 fully saturated rings. The second kappa shape index (κ2) is 9.44. The molecule has 1 N–H and O–H groups in total. The molecule has 0 aliphatic carbocycles. The first-order valence-electron chi connectivity index (χ1n) is 8.50. The SMILES string of the molecule is CC[C@H](C(=O)NCCc1ccccc1)N(c1cc(Cl)ccc1Cl)S(C)(=O)=O. The molecule has 0 aliphatic heterocycles. The number of benzene rings is 2. The lowest BCUT2D eigenvalue weighted by molar-refractivity contribution is -0.122. The van der Waals surface area contributed by atoms with E-state index >= 15 is 0 Å². The van der Waals surface area contributed by atoms with Gasteiger partial charge in [0, 0.05) is 11.6 Å². The van der Waals surface area contributed by atoms with E-state index in [9.17, 15) is 13.2 Å². The fourth-order valence-electron chi connectivity index (χ4n) is 2.78. The van der Waals surface area contributed by atoms with Crippen LogP contribution in [0.25, 0.3) is 0 Å². The zero-order valence-corrected chi connectivity index (χ0v) is 17.5. The summed E-state index contributed by atoms with van der Waals surface area (Å²) in [7, 11) is -3.76. The van der Waals surface area contributed by atoms with Crippen molar-refractivity contribution < 1.29 is 13.2 Å². The Balaban J connectivity index is 2.22. The highest BCUT2D eigenvalue weighted by atomic mass is 35.5. The van der Waals surface area contributed by atoms with Crippen molar-refractivity contribution in [3.8, 4) is 0 Å². The molecule has 0 aliphatic rings. The summed E-state index contributed by atoms with van der Waals surface area (Å²) in [4.78, 5) is 12.7. The average Bonchev–Trinajstić information content (AvgIpc) is 2.61. The summed E-state index contributed by atoms with van der Waals surface area (Å²) in [5, 5.41) is 3.36. The fraction of sp³-hybridized carbons (Fsp3) is 0.316. The van der Waals surface area contributed by atoms with Crippen molar-refractivity contribution in [3.63, 3.8) is 0 Å². The van der Waals surface area contributed by atoms with Crippen LogP contribution in [0.2, 0.25) is 10.0 Å². The first kappa shape index (κ1) is 21.5. The Morgan fingerprint density at radius 3 is 2.41 bits per heavy atom. The Bertz CT molecular complexity index is 889. The van der Waals surface area contributed by atoms with Gasteiger partial charge in [0.15, 0.2) is 0 Å². The lowest BCUT2D eigenvalue weighted by atomic mass is 10.1. The largest absolute Gasteiger partial charge is 0.354 e. The number of halogens is 2. The quantitative estimate of drug-likeness (QED) is 0.692. The highest BCUT2D eigenvalue weighted by Gasteiger charge is 2.32. The van der Waals surface area contributed by atoms with Crippen LogP contribution in [-0.4, -0.2) is 33.2 Å². The van der Waals surface area contributed by atoms with Crippen molar-refractivity contribution in [1.82, 2.24) is 5.32 Å². The van der Waals surface area contributed by atoms with Crippen LogP contribution in [0, 0.1) is 0 Å². The number of carbonyl (C=O) groups is 1. The molecule has 5 nitrogen and oxygen atoms in total. The van der Waals surface area contributed by atoms with Crippen LogP contribution in [0.4, 0.5) is 5.69 Å². The van der Waals surface area contributed by atoms with E-state index < -0.39 is 16.1 Å². The van der Waals surface area contributed by atoms with Gasteiger partial charge in [-0.05, 0) is 36.6 Å². The standard InChI is InChI=1S/C19H22Cl2N2O3S/c1-3-17(19(24)22-12-11-14-7-5-4-6-8-14)23(27(2,25)26)18-13-15(20)9-10-16(18)21/h4-10,13,17H,3,11-12H2,1-2H3,(H,22,24)/t17-/m1/s1. The number of hydrogen-bond acceptors (Lipinski definition) is 3. The monoisotopic (exact) mass is 428 g/mol. The van der Waals surface area contributed by atoms with Crippen molar-refractivity contribution in [2.75, 3.05) is 17.1 Å². The first-order valence-corrected chi connectivity index (χ1v) is 11.1. The van der Waals surface area contributed by atoms with Crippen LogP contribution in [-0.2, 0) is 21.2 Å². The molecule has 146 valence electrons. The summed E-state index contributed by atoms with van der Waals surface area (Å²) in [6.07, 6.45) is 1.98. The zero-order chi connectivity index (χ0) is 20.0. The summed E-state index contributed by atoms with van der Waals surface area (Å²) in [6, 6.07) is 13.3. The molecule has 27 heavy (non-hydrogen) atoms. The van der Waals surface area contributed by atoms with Crippen molar-refractivity contribution in [3.05, 3.63) is 64.1 Å². The second-order valence-electron chi connectivity index (χ2n) is 6.11. The van der Waals surface area contributed by atoms with E-state index in [2.05, 4.69) is 5.32 Å². The number of hydrogen-bond donors (Lipinski definition) is 1. The van der Waals surface area contributed by atoms with E-state index in [1.165, 1.54) is 12.1 Å². The Labute approximate surface area is 170 Å². The molecule has 1 amide bonds. The molecule has 0 spiro atoms. The average molecular weight is 429 g/mol. The van der Waals surface area contributed by atoms with Gasteiger partial charge in [-0.15, -0.1) is 0 Å². The lowest BCUT2D eigenvalue weighted by Crippen LogP contribution is -2.49. The molecule has 2 aromatic carbocycles. The summed E-state index contributed by atoms with van der Waals surface area (Å²) in [5.41, 5.74) is 1.28. The van der Waals surface area contributed by atoms with Gasteiger partial charge in [0.25, 0.3) is 0 Å². The van der Waals surface area contributed by atoms with Crippen LogP contribution in [0.15, 0.2) is 48.5 Å². The molecule has 2 aromatic rings. The van der Waals surface area contributed by atoms with E-state index in [-0.39, 0.29) is 23.0 Å². The Morgan fingerprint density at radius 1 is 1.15 bits per heavy atom. The van der Waals surface area contributed by atoms with Gasteiger partial charge in [-0.2, -0.15) is 0 Å². The zero-order valence-electron chi connectivity index (χ0n) is 15.2. The maximum atomic E-state index is 12.7. The summed E-state index contributed by atoms with van der Waals surface area (Å²) in [5.74, 6) is -0.380. The number of anilines is 1. The third kappa shape index (κ3) is 5.86. The molecule has 0 bridgehead atoms. The molecule has 8 heteroatoms. The second-order valence-corrected chi connectivity index (χ2v) is 8.81. The first-order chi connectivity index (χ1) is 12.7. The van der Waals surface area contributed by atoms with Gasteiger partial charge in [0.1, 0.15) is 6.04 Å². The third-order valence-electron chi connectivity index (χ3n) is 4.03.